The molecule has 0 spiro atoms. The fourth-order valence-electron chi connectivity index (χ4n) is 1.07. The van der Waals surface area contributed by atoms with E-state index in [-0.39, 0.29) is 12.2 Å². The van der Waals surface area contributed by atoms with Crippen molar-refractivity contribution in [1.82, 2.24) is 0 Å². The molecule has 3 heteroatoms. The van der Waals surface area contributed by atoms with Gasteiger partial charge in [0.25, 0.3) is 0 Å². The smallest absolute Gasteiger partial charge is 0.345 e. The lowest BCUT2D eigenvalue weighted by Crippen LogP contribution is -2.06. The lowest BCUT2D eigenvalue weighted by Gasteiger charge is -2.05. The van der Waals surface area contributed by atoms with E-state index < -0.39 is 5.97 Å². The summed E-state index contributed by atoms with van der Waals surface area (Å²) in [5, 5.41) is 0. The molecular weight excluding hydrogens is 192 g/mol. The van der Waals surface area contributed by atoms with E-state index in [9.17, 15) is 9.59 Å². The summed E-state index contributed by atoms with van der Waals surface area (Å²) in [6.07, 6.45) is 0. The van der Waals surface area contributed by atoms with Gasteiger partial charge in [0.05, 0.1) is 0 Å². The van der Waals surface area contributed by atoms with Crippen LogP contribution in [0.1, 0.15) is 18.1 Å². The van der Waals surface area contributed by atoms with Gasteiger partial charge in [-0.05, 0) is 25.0 Å². The molecule has 0 aromatic heterocycles. The van der Waals surface area contributed by atoms with Crippen molar-refractivity contribution >= 4 is 11.9 Å². The molecule has 0 fully saturated rings. The van der Waals surface area contributed by atoms with E-state index in [1.165, 1.54) is 12.9 Å². The summed E-state index contributed by atoms with van der Waals surface area (Å²) in [5.41, 5.74) is 1.95. The van der Waals surface area contributed by atoms with Gasteiger partial charge in [-0.3, -0.25) is 0 Å². The molecule has 1 aromatic rings. The third-order valence-electron chi connectivity index (χ3n) is 2.08. The van der Waals surface area contributed by atoms with Gasteiger partial charge >= 0.3 is 5.97 Å². The number of hydrogen-bond donors (Lipinski definition) is 0. The second-order valence-corrected chi connectivity index (χ2v) is 3.23. The van der Waals surface area contributed by atoms with Crippen molar-refractivity contribution in [3.8, 4) is 0 Å². The molecule has 0 aliphatic carbocycles. The van der Waals surface area contributed by atoms with Crippen molar-refractivity contribution in [3.05, 3.63) is 41.0 Å². The van der Waals surface area contributed by atoms with Crippen LogP contribution in [-0.4, -0.2) is 11.9 Å². The van der Waals surface area contributed by atoms with Gasteiger partial charge in [-0.2, -0.15) is 0 Å². The highest BCUT2D eigenvalue weighted by Crippen LogP contribution is 2.08. The molecule has 15 heavy (non-hydrogen) atoms. The minimum absolute atomic E-state index is 0.0383. The van der Waals surface area contributed by atoms with E-state index in [0.29, 0.717) is 0 Å². The van der Waals surface area contributed by atoms with Crippen LogP contribution in [0.2, 0.25) is 0 Å². The molecule has 0 atom stereocenters. The number of esters is 1. The molecule has 0 heterocycles. The SMILES string of the molecule is CC(=C=O)C(=O)OCc1ccccc1C. The Morgan fingerprint density at radius 2 is 2.07 bits per heavy atom. The number of ether oxygens (including phenoxy) is 1. The quantitative estimate of drug-likeness (QED) is 0.428. The fourth-order valence-corrected chi connectivity index (χ4v) is 1.07. The Bertz CT molecular complexity index is 415. The van der Waals surface area contributed by atoms with E-state index in [4.69, 9.17) is 4.74 Å². The number of carbonyl (C=O) groups is 1. The van der Waals surface area contributed by atoms with Crippen molar-refractivity contribution in [2.24, 2.45) is 0 Å². The molecule has 0 N–H and O–H groups in total. The second kappa shape index (κ2) is 5.13. The van der Waals surface area contributed by atoms with Gasteiger partial charge in [0.15, 0.2) is 0 Å². The molecule has 0 aliphatic heterocycles. The van der Waals surface area contributed by atoms with Gasteiger partial charge < -0.3 is 4.74 Å². The molecule has 0 saturated carbocycles. The largest absolute Gasteiger partial charge is 0.457 e. The molecule has 78 valence electrons. The van der Waals surface area contributed by atoms with Gasteiger partial charge in [0.1, 0.15) is 18.1 Å². The zero-order valence-corrected chi connectivity index (χ0v) is 8.74. The summed E-state index contributed by atoms with van der Waals surface area (Å²) in [4.78, 5) is 21.3. The first kappa shape index (κ1) is 11.2. The lowest BCUT2D eigenvalue weighted by molar-refractivity contribution is -0.140. The van der Waals surface area contributed by atoms with E-state index in [2.05, 4.69) is 0 Å². The maximum absolute atomic E-state index is 11.1. The summed E-state index contributed by atoms with van der Waals surface area (Å²) >= 11 is 0. The average Bonchev–Trinajstić information content (AvgIpc) is 2.26. The van der Waals surface area contributed by atoms with Crippen LogP contribution < -0.4 is 0 Å². The van der Waals surface area contributed by atoms with Gasteiger partial charge in [0, 0.05) is 0 Å². The number of carbonyl (C=O) groups excluding carboxylic acids is 2. The Morgan fingerprint density at radius 3 is 2.67 bits per heavy atom. The van der Waals surface area contributed by atoms with Crippen molar-refractivity contribution in [3.63, 3.8) is 0 Å². The van der Waals surface area contributed by atoms with Crippen LogP contribution in [0.4, 0.5) is 0 Å². The highest BCUT2D eigenvalue weighted by molar-refractivity contribution is 5.95. The van der Waals surface area contributed by atoms with Crippen LogP contribution >= 0.6 is 0 Å². The first-order valence-electron chi connectivity index (χ1n) is 4.58. The highest BCUT2D eigenvalue weighted by atomic mass is 16.5. The summed E-state index contributed by atoms with van der Waals surface area (Å²) in [5.74, 6) is 0.890. The fraction of sp³-hybridized carbons (Fsp3) is 0.250. The zero-order chi connectivity index (χ0) is 11.3. The van der Waals surface area contributed by atoms with Crippen molar-refractivity contribution in [2.45, 2.75) is 20.5 Å². The minimum Gasteiger partial charge on any atom is -0.457 e. The molecule has 0 amide bonds. The van der Waals surface area contributed by atoms with E-state index in [1.807, 2.05) is 31.2 Å². The topological polar surface area (TPSA) is 43.4 Å². The van der Waals surface area contributed by atoms with E-state index in [0.717, 1.165) is 11.1 Å². The van der Waals surface area contributed by atoms with Crippen LogP contribution in [-0.2, 0) is 20.9 Å². The molecule has 0 radical (unpaired) electrons. The van der Waals surface area contributed by atoms with Crippen molar-refractivity contribution in [1.29, 1.82) is 0 Å². The Morgan fingerprint density at radius 1 is 1.40 bits per heavy atom. The zero-order valence-electron chi connectivity index (χ0n) is 8.74. The molecule has 0 bridgehead atoms. The molecular formula is C12H12O3. The summed E-state index contributed by atoms with van der Waals surface area (Å²) in [6, 6.07) is 7.60. The summed E-state index contributed by atoms with van der Waals surface area (Å²) in [7, 11) is 0. The molecule has 0 aliphatic rings. The molecule has 0 saturated heterocycles. The predicted octanol–water partition coefficient (Wildman–Crippen LogP) is 1.82. The summed E-state index contributed by atoms with van der Waals surface area (Å²) in [6.45, 7) is 3.50. The van der Waals surface area contributed by atoms with Gasteiger partial charge in [-0.15, -0.1) is 0 Å². The molecule has 3 nitrogen and oxygen atoms in total. The third-order valence-corrected chi connectivity index (χ3v) is 2.08. The minimum atomic E-state index is -0.617. The van der Waals surface area contributed by atoms with Crippen LogP contribution in [0.15, 0.2) is 29.8 Å². The number of rotatable bonds is 3. The Hall–Kier alpha value is -1.86. The molecule has 1 aromatic carbocycles. The first-order chi connectivity index (χ1) is 7.15. The van der Waals surface area contributed by atoms with E-state index in [1.54, 1.807) is 0 Å². The maximum atomic E-state index is 11.1. The Kier molecular flexibility index (Phi) is 3.83. The monoisotopic (exact) mass is 204 g/mol. The number of aryl methyl sites for hydroxylation is 1. The van der Waals surface area contributed by atoms with Crippen LogP contribution in [0.3, 0.4) is 0 Å². The number of benzene rings is 1. The van der Waals surface area contributed by atoms with E-state index >= 15 is 0 Å². The van der Waals surface area contributed by atoms with Gasteiger partial charge in [-0.1, -0.05) is 24.3 Å². The van der Waals surface area contributed by atoms with Crippen LogP contribution in [0, 0.1) is 6.92 Å². The van der Waals surface area contributed by atoms with Gasteiger partial charge in [0.2, 0.25) is 0 Å². The molecule has 0 unspecified atom stereocenters. The lowest BCUT2D eigenvalue weighted by atomic mass is 10.1. The maximum Gasteiger partial charge on any atom is 0.345 e. The van der Waals surface area contributed by atoms with Gasteiger partial charge in [-0.25, -0.2) is 9.59 Å². The predicted molar refractivity (Wildman–Crippen MR) is 55.9 cm³/mol. The van der Waals surface area contributed by atoms with Crippen LogP contribution in [0.25, 0.3) is 0 Å². The average molecular weight is 204 g/mol. The Labute approximate surface area is 88.4 Å². The second-order valence-electron chi connectivity index (χ2n) is 3.23. The highest BCUT2D eigenvalue weighted by Gasteiger charge is 2.07. The van der Waals surface area contributed by atoms with Crippen molar-refractivity contribution in [2.75, 3.05) is 0 Å². The molecule has 1 rings (SSSR count). The van der Waals surface area contributed by atoms with Crippen molar-refractivity contribution < 1.29 is 14.3 Å². The summed E-state index contributed by atoms with van der Waals surface area (Å²) < 4.78 is 4.92. The third kappa shape index (κ3) is 3.08. The Balaban J connectivity index is 2.62. The van der Waals surface area contributed by atoms with Crippen LogP contribution in [0.5, 0.6) is 0 Å². The first-order valence-corrected chi connectivity index (χ1v) is 4.58. The standard InChI is InChI=1S/C12H12O3/c1-9-5-3-4-6-11(9)8-15-12(14)10(2)7-13/h3-6H,8H2,1-2H3. The normalized spacial score (nSPS) is 9.20. The number of hydrogen-bond acceptors (Lipinski definition) is 3.